The normalized spacial score (nSPS) is 12.3. The van der Waals surface area contributed by atoms with Crippen LogP contribution in [-0.2, 0) is 14.3 Å². The predicted octanol–water partition coefficient (Wildman–Crippen LogP) is 3.78. The zero-order valence-corrected chi connectivity index (χ0v) is 16.1. The summed E-state index contributed by atoms with van der Waals surface area (Å²) in [6, 6.07) is 14.5. The van der Waals surface area contributed by atoms with Gasteiger partial charge in [0.2, 0.25) is 0 Å². The Hall–Kier alpha value is -3.73. The topological polar surface area (TPSA) is 122 Å². The highest BCUT2D eigenvalue weighted by Crippen LogP contribution is 2.28. The molecular formula is C21H21N3O5. The van der Waals surface area contributed by atoms with E-state index in [9.17, 15) is 19.7 Å². The molecule has 29 heavy (non-hydrogen) atoms. The average molecular weight is 395 g/mol. The first-order chi connectivity index (χ1) is 13.9. The van der Waals surface area contributed by atoms with Crippen LogP contribution in [0.1, 0.15) is 37.3 Å². The zero-order valence-electron chi connectivity index (χ0n) is 16.1. The second-order valence-corrected chi connectivity index (χ2v) is 6.53. The molecule has 1 N–H and O–H groups in total. The largest absolute Gasteiger partial charge is 0.455 e. The number of nitrogens with zero attached hydrogens (tertiary/aromatic N) is 2. The Morgan fingerprint density at radius 2 is 1.93 bits per heavy atom. The fourth-order valence-electron chi connectivity index (χ4n) is 2.85. The van der Waals surface area contributed by atoms with Gasteiger partial charge in [-0.1, -0.05) is 50.6 Å². The second kappa shape index (κ2) is 9.99. The first-order valence-electron chi connectivity index (χ1n) is 9.07. The lowest BCUT2D eigenvalue weighted by Crippen LogP contribution is -2.27. The molecule has 150 valence electrons. The van der Waals surface area contributed by atoms with Gasteiger partial charge < -0.3 is 10.1 Å². The van der Waals surface area contributed by atoms with E-state index < -0.39 is 29.3 Å². The van der Waals surface area contributed by atoms with Gasteiger partial charge in [-0.3, -0.25) is 19.7 Å². The minimum absolute atomic E-state index is 0.0211. The minimum atomic E-state index is -0.639. The van der Waals surface area contributed by atoms with E-state index in [1.54, 1.807) is 6.07 Å². The summed E-state index contributed by atoms with van der Waals surface area (Å²) in [5, 5.41) is 22.4. The number of benzene rings is 2. The van der Waals surface area contributed by atoms with Gasteiger partial charge in [0, 0.05) is 12.1 Å². The fraction of sp³-hybridized carbons (Fsp3) is 0.286. The van der Waals surface area contributed by atoms with E-state index in [-0.39, 0.29) is 22.9 Å². The summed E-state index contributed by atoms with van der Waals surface area (Å²) in [7, 11) is 0. The van der Waals surface area contributed by atoms with E-state index in [4.69, 9.17) is 10.00 Å². The number of rotatable bonds is 8. The van der Waals surface area contributed by atoms with Gasteiger partial charge in [-0.2, -0.15) is 5.26 Å². The van der Waals surface area contributed by atoms with E-state index in [1.807, 2.05) is 44.2 Å². The molecule has 0 aliphatic rings. The molecule has 2 aromatic rings. The number of carbonyl (C=O) groups is 2. The van der Waals surface area contributed by atoms with Crippen molar-refractivity contribution >= 4 is 23.3 Å². The number of nitriles is 1. The van der Waals surface area contributed by atoms with Crippen LogP contribution in [0.4, 0.5) is 11.4 Å². The van der Waals surface area contributed by atoms with Gasteiger partial charge in [-0.05, 0) is 17.5 Å². The lowest BCUT2D eigenvalue weighted by Gasteiger charge is -2.21. The number of anilines is 1. The predicted molar refractivity (Wildman–Crippen MR) is 106 cm³/mol. The maximum Gasteiger partial charge on any atom is 0.314 e. The highest BCUT2D eigenvalue weighted by molar-refractivity contribution is 5.94. The lowest BCUT2D eigenvalue weighted by atomic mass is 9.86. The van der Waals surface area contributed by atoms with Crippen molar-refractivity contribution in [2.45, 2.75) is 26.2 Å². The second-order valence-electron chi connectivity index (χ2n) is 6.53. The number of ether oxygens (including phenoxy) is 1. The average Bonchev–Trinajstić information content (AvgIpc) is 2.73. The van der Waals surface area contributed by atoms with E-state index in [0.717, 1.165) is 18.1 Å². The Morgan fingerprint density at radius 3 is 2.52 bits per heavy atom. The summed E-state index contributed by atoms with van der Waals surface area (Å²) in [6.07, 6.45) is 0.759. The highest BCUT2D eigenvalue weighted by atomic mass is 16.6. The van der Waals surface area contributed by atoms with Crippen LogP contribution in [0.5, 0.6) is 0 Å². The van der Waals surface area contributed by atoms with Crippen molar-refractivity contribution in [3.8, 4) is 6.07 Å². The van der Waals surface area contributed by atoms with Gasteiger partial charge in [-0.15, -0.1) is 0 Å². The Labute approximate surface area is 168 Å². The third-order valence-corrected chi connectivity index (χ3v) is 4.58. The molecule has 0 fully saturated rings. The third kappa shape index (κ3) is 5.62. The molecular weight excluding hydrogens is 374 g/mol. The number of nitro groups is 1. The summed E-state index contributed by atoms with van der Waals surface area (Å²) in [5.41, 5.74) is 0.612. The monoisotopic (exact) mass is 395 g/mol. The number of carbonyl (C=O) groups excluding carboxylic acids is 2. The lowest BCUT2D eigenvalue weighted by molar-refractivity contribution is -0.384. The highest BCUT2D eigenvalue weighted by Gasteiger charge is 2.27. The Balaban J connectivity index is 2.05. The molecule has 0 aliphatic heterocycles. The van der Waals surface area contributed by atoms with Crippen LogP contribution in [-0.4, -0.2) is 23.4 Å². The number of nitro benzene ring substituents is 1. The van der Waals surface area contributed by atoms with E-state index in [1.165, 1.54) is 12.1 Å². The van der Waals surface area contributed by atoms with Crippen LogP contribution >= 0.6 is 0 Å². The molecule has 0 heterocycles. The molecule has 0 spiro atoms. The first kappa shape index (κ1) is 21.6. The molecule has 1 amide bonds. The van der Waals surface area contributed by atoms with Crippen LogP contribution in [0, 0.1) is 27.4 Å². The van der Waals surface area contributed by atoms with Crippen LogP contribution in [0.25, 0.3) is 0 Å². The molecule has 0 aliphatic carbocycles. The van der Waals surface area contributed by atoms with Crippen molar-refractivity contribution in [3.05, 3.63) is 69.8 Å². The minimum Gasteiger partial charge on any atom is -0.455 e. The standard InChI is InChI=1S/C21H21N3O5/c1-3-14(2)20(15-7-5-4-6-8-15)21(26)29-13-19(25)23-18-10-9-17(24(27)28)11-16(18)12-22/h4-11,14,20H,3,13H2,1-2H3,(H,23,25)/t14-,20+/m1/s1. The fourth-order valence-corrected chi connectivity index (χ4v) is 2.85. The maximum atomic E-state index is 12.6. The molecule has 0 unspecified atom stereocenters. The van der Waals surface area contributed by atoms with Crippen molar-refractivity contribution in [1.82, 2.24) is 0 Å². The third-order valence-electron chi connectivity index (χ3n) is 4.58. The molecule has 0 radical (unpaired) electrons. The molecule has 0 saturated heterocycles. The van der Waals surface area contributed by atoms with Crippen LogP contribution in [0.15, 0.2) is 48.5 Å². The van der Waals surface area contributed by atoms with Crippen molar-refractivity contribution in [3.63, 3.8) is 0 Å². The Morgan fingerprint density at radius 1 is 1.24 bits per heavy atom. The number of amides is 1. The number of hydrogen-bond donors (Lipinski definition) is 1. The summed E-state index contributed by atoms with van der Waals surface area (Å²) in [6.45, 7) is 3.38. The van der Waals surface area contributed by atoms with Crippen molar-refractivity contribution in [2.24, 2.45) is 5.92 Å². The quantitative estimate of drug-likeness (QED) is 0.412. The van der Waals surface area contributed by atoms with E-state index in [0.29, 0.717) is 0 Å². The van der Waals surface area contributed by atoms with Crippen molar-refractivity contribution in [2.75, 3.05) is 11.9 Å². The van der Waals surface area contributed by atoms with Crippen LogP contribution in [0.3, 0.4) is 0 Å². The van der Waals surface area contributed by atoms with E-state index in [2.05, 4.69) is 5.32 Å². The Bertz CT molecular complexity index is 937. The summed E-state index contributed by atoms with van der Waals surface area (Å²) < 4.78 is 5.21. The SMILES string of the molecule is CC[C@@H](C)[C@H](C(=O)OCC(=O)Nc1ccc([N+](=O)[O-])cc1C#N)c1ccccc1. The summed E-state index contributed by atoms with van der Waals surface area (Å²) >= 11 is 0. The van der Waals surface area contributed by atoms with Gasteiger partial charge in [0.05, 0.1) is 22.1 Å². The molecule has 8 nitrogen and oxygen atoms in total. The van der Waals surface area contributed by atoms with Crippen LogP contribution in [0.2, 0.25) is 0 Å². The van der Waals surface area contributed by atoms with Gasteiger partial charge in [-0.25, -0.2) is 0 Å². The van der Waals surface area contributed by atoms with Gasteiger partial charge >= 0.3 is 5.97 Å². The molecule has 2 atom stereocenters. The Kier molecular flexibility index (Phi) is 7.43. The zero-order chi connectivity index (χ0) is 21.4. The summed E-state index contributed by atoms with van der Waals surface area (Å²) in [5.74, 6) is -1.62. The molecule has 2 rings (SSSR count). The number of nitrogens with one attached hydrogen (secondary N) is 1. The summed E-state index contributed by atoms with van der Waals surface area (Å²) in [4.78, 5) is 34.9. The van der Waals surface area contributed by atoms with Crippen molar-refractivity contribution in [1.29, 1.82) is 5.26 Å². The first-order valence-corrected chi connectivity index (χ1v) is 9.07. The molecule has 0 bridgehead atoms. The number of non-ortho nitro benzene ring substituents is 1. The number of esters is 1. The van der Waals surface area contributed by atoms with E-state index >= 15 is 0 Å². The molecule has 0 saturated carbocycles. The number of hydrogen-bond acceptors (Lipinski definition) is 6. The van der Waals surface area contributed by atoms with Crippen molar-refractivity contribution < 1.29 is 19.2 Å². The van der Waals surface area contributed by atoms with Crippen LogP contribution < -0.4 is 5.32 Å². The van der Waals surface area contributed by atoms with Gasteiger partial charge in [0.25, 0.3) is 11.6 Å². The molecule has 8 heteroatoms. The molecule has 0 aromatic heterocycles. The van der Waals surface area contributed by atoms with Gasteiger partial charge in [0.15, 0.2) is 6.61 Å². The maximum absolute atomic E-state index is 12.6. The van der Waals surface area contributed by atoms with Gasteiger partial charge in [0.1, 0.15) is 6.07 Å². The smallest absolute Gasteiger partial charge is 0.314 e. The molecule has 2 aromatic carbocycles.